The van der Waals surface area contributed by atoms with Crippen LogP contribution in [0.4, 0.5) is 0 Å². The monoisotopic (exact) mass is 314 g/mol. The topological polar surface area (TPSA) is 29.5 Å². The van der Waals surface area contributed by atoms with Crippen molar-refractivity contribution in [2.24, 2.45) is 16.7 Å². The van der Waals surface area contributed by atoms with Crippen molar-refractivity contribution in [3.8, 4) is 0 Å². The highest BCUT2D eigenvalue weighted by Crippen LogP contribution is 2.67. The van der Waals surface area contributed by atoms with Crippen LogP contribution in [0.2, 0.25) is 0 Å². The smallest absolute Gasteiger partial charge is 0.167 e. The summed E-state index contributed by atoms with van der Waals surface area (Å²) < 4.78 is 6.13. The van der Waals surface area contributed by atoms with Crippen molar-refractivity contribution < 1.29 is 9.42 Å². The molecule has 1 N–H and O–H groups in total. The van der Waals surface area contributed by atoms with Crippen molar-refractivity contribution in [1.29, 1.82) is 0 Å². The molecule has 2 fully saturated rings. The van der Waals surface area contributed by atoms with Gasteiger partial charge in [-0.2, -0.15) is 0 Å². The summed E-state index contributed by atoms with van der Waals surface area (Å²) >= 11 is 0. The van der Waals surface area contributed by atoms with E-state index in [9.17, 15) is 4.89 Å². The van der Waals surface area contributed by atoms with E-state index in [2.05, 4.69) is 27.7 Å². The Hall–Kier alpha value is 0.350. The zero-order valence-electron chi connectivity index (χ0n) is 14.5. The van der Waals surface area contributed by atoms with E-state index >= 15 is 0 Å². The van der Waals surface area contributed by atoms with Crippen LogP contribution in [-0.4, -0.2) is 17.2 Å². The van der Waals surface area contributed by atoms with Gasteiger partial charge < -0.3 is 9.42 Å². The SMILES string of the molecule is CCCCCCCCP(O)O[C@H]1C[C@@H]2CC[C@@]1(C)C2(C)C. The van der Waals surface area contributed by atoms with Gasteiger partial charge >= 0.3 is 0 Å². The molecule has 1 unspecified atom stereocenters. The third-order valence-corrected chi connectivity index (χ3v) is 7.86. The third kappa shape index (κ3) is 3.65. The Labute approximate surface area is 133 Å². The molecule has 2 bridgehead atoms. The molecule has 2 aliphatic carbocycles. The Morgan fingerprint density at radius 3 is 2.33 bits per heavy atom. The van der Waals surface area contributed by atoms with Gasteiger partial charge in [-0.15, -0.1) is 0 Å². The summed E-state index contributed by atoms with van der Waals surface area (Å²) in [5.41, 5.74) is 0.663. The molecule has 0 spiro atoms. The second-order valence-corrected chi connectivity index (χ2v) is 9.41. The van der Waals surface area contributed by atoms with Gasteiger partial charge in [-0.25, -0.2) is 0 Å². The molecular weight excluding hydrogens is 279 g/mol. The minimum Gasteiger partial charge on any atom is -0.350 e. The van der Waals surface area contributed by atoms with E-state index in [1.165, 1.54) is 51.4 Å². The average molecular weight is 314 g/mol. The first-order valence-corrected chi connectivity index (χ1v) is 10.4. The van der Waals surface area contributed by atoms with Crippen LogP contribution in [0.15, 0.2) is 0 Å². The lowest BCUT2D eigenvalue weighted by molar-refractivity contribution is 0.0314. The lowest BCUT2D eigenvalue weighted by Gasteiger charge is -2.39. The van der Waals surface area contributed by atoms with Crippen molar-refractivity contribution in [3.63, 3.8) is 0 Å². The molecule has 21 heavy (non-hydrogen) atoms. The Morgan fingerprint density at radius 2 is 1.76 bits per heavy atom. The van der Waals surface area contributed by atoms with E-state index in [4.69, 9.17) is 4.52 Å². The van der Waals surface area contributed by atoms with Crippen LogP contribution in [0.1, 0.15) is 85.5 Å². The van der Waals surface area contributed by atoms with Crippen LogP contribution in [0.5, 0.6) is 0 Å². The van der Waals surface area contributed by atoms with Gasteiger partial charge in [0, 0.05) is 6.16 Å². The molecule has 124 valence electrons. The summed E-state index contributed by atoms with van der Waals surface area (Å²) in [6.07, 6.45) is 12.6. The Kier molecular flexibility index (Phi) is 6.14. The van der Waals surface area contributed by atoms with Crippen LogP contribution in [-0.2, 0) is 4.52 Å². The highest BCUT2D eigenvalue weighted by molar-refractivity contribution is 7.46. The molecule has 2 aliphatic rings. The summed E-state index contributed by atoms with van der Waals surface area (Å²) in [6, 6.07) is 0. The molecule has 0 saturated heterocycles. The minimum absolute atomic E-state index is 0.280. The summed E-state index contributed by atoms with van der Waals surface area (Å²) in [6.45, 7) is 9.44. The highest BCUT2D eigenvalue weighted by atomic mass is 31.2. The van der Waals surface area contributed by atoms with Gasteiger partial charge in [0.05, 0.1) is 6.10 Å². The molecule has 2 nitrogen and oxygen atoms in total. The van der Waals surface area contributed by atoms with Gasteiger partial charge in [0.1, 0.15) is 0 Å². The van der Waals surface area contributed by atoms with Gasteiger partial charge in [-0.3, -0.25) is 0 Å². The molecule has 0 heterocycles. The van der Waals surface area contributed by atoms with E-state index in [1.54, 1.807) is 0 Å². The van der Waals surface area contributed by atoms with Crippen molar-refractivity contribution in [3.05, 3.63) is 0 Å². The summed E-state index contributed by atoms with van der Waals surface area (Å²) in [7, 11) is -1.20. The molecular formula is C18H35O2P. The number of hydrogen-bond acceptors (Lipinski definition) is 2. The molecule has 0 radical (unpaired) electrons. The standard InChI is InChI=1S/C18H35O2P/c1-5-6-7-8-9-10-13-21(19)20-16-14-15-11-12-18(16,4)17(15,2)3/h15-16,19H,5-14H2,1-4H3/t15-,16-,18+,21?/m0/s1. The number of rotatable bonds is 9. The van der Waals surface area contributed by atoms with Gasteiger partial charge in [0.25, 0.3) is 0 Å². The molecule has 3 heteroatoms. The number of fused-ring (bicyclic) bond motifs is 2. The van der Waals surface area contributed by atoms with E-state index in [0.29, 0.717) is 11.5 Å². The van der Waals surface area contributed by atoms with Crippen molar-refractivity contribution in [2.45, 2.75) is 91.6 Å². The van der Waals surface area contributed by atoms with Gasteiger partial charge in [-0.05, 0) is 42.4 Å². The fourth-order valence-electron chi connectivity index (χ4n) is 4.52. The summed E-state index contributed by atoms with van der Waals surface area (Å²) in [5, 5.41) is 0. The first-order valence-electron chi connectivity index (χ1n) is 9.05. The van der Waals surface area contributed by atoms with Crippen molar-refractivity contribution in [2.75, 3.05) is 6.16 Å². The fraction of sp³-hybridized carbons (Fsp3) is 1.00. The van der Waals surface area contributed by atoms with E-state index in [0.717, 1.165) is 18.5 Å². The Bertz CT molecular complexity index is 331. The van der Waals surface area contributed by atoms with Gasteiger partial charge in [-0.1, -0.05) is 59.8 Å². The molecule has 4 atom stereocenters. The molecule has 2 rings (SSSR count). The van der Waals surface area contributed by atoms with Gasteiger partial charge in [0.2, 0.25) is 0 Å². The average Bonchev–Trinajstić information content (AvgIpc) is 2.76. The minimum atomic E-state index is -1.20. The molecule has 0 amide bonds. The van der Waals surface area contributed by atoms with Crippen LogP contribution in [0.3, 0.4) is 0 Å². The normalized spacial score (nSPS) is 35.3. The first kappa shape index (κ1) is 17.7. The first-order chi connectivity index (χ1) is 9.91. The zero-order chi connectivity index (χ0) is 15.5. The lowest BCUT2D eigenvalue weighted by atomic mass is 9.70. The zero-order valence-corrected chi connectivity index (χ0v) is 15.4. The maximum atomic E-state index is 10.3. The van der Waals surface area contributed by atoms with E-state index in [1.807, 2.05) is 0 Å². The summed E-state index contributed by atoms with van der Waals surface area (Å²) in [5.74, 6) is 0.796. The Balaban J connectivity index is 1.68. The lowest BCUT2D eigenvalue weighted by Crippen LogP contribution is -2.36. The van der Waals surface area contributed by atoms with E-state index < -0.39 is 8.38 Å². The van der Waals surface area contributed by atoms with E-state index in [-0.39, 0.29) is 5.41 Å². The maximum Gasteiger partial charge on any atom is 0.167 e. The van der Waals surface area contributed by atoms with Crippen molar-refractivity contribution in [1.82, 2.24) is 0 Å². The highest BCUT2D eigenvalue weighted by Gasteiger charge is 2.62. The molecule has 0 aromatic heterocycles. The molecule has 2 saturated carbocycles. The number of hydrogen-bond donors (Lipinski definition) is 1. The maximum absolute atomic E-state index is 10.3. The number of unbranched alkanes of at least 4 members (excludes halogenated alkanes) is 5. The van der Waals surface area contributed by atoms with Gasteiger partial charge in [0.15, 0.2) is 8.38 Å². The molecule has 0 aromatic carbocycles. The summed E-state index contributed by atoms with van der Waals surface area (Å²) in [4.78, 5) is 10.3. The second kappa shape index (κ2) is 7.28. The second-order valence-electron chi connectivity index (χ2n) is 8.05. The predicted octanol–water partition coefficient (Wildman–Crippen LogP) is 5.88. The van der Waals surface area contributed by atoms with Crippen LogP contribution in [0, 0.1) is 16.7 Å². The predicted molar refractivity (Wildman–Crippen MR) is 91.5 cm³/mol. The van der Waals surface area contributed by atoms with Crippen LogP contribution >= 0.6 is 8.38 Å². The fourth-order valence-corrected chi connectivity index (χ4v) is 5.73. The largest absolute Gasteiger partial charge is 0.350 e. The molecule has 0 aliphatic heterocycles. The Morgan fingerprint density at radius 1 is 1.10 bits per heavy atom. The third-order valence-electron chi connectivity index (χ3n) is 6.67. The quantitative estimate of drug-likeness (QED) is 0.425. The molecule has 0 aromatic rings. The van der Waals surface area contributed by atoms with Crippen molar-refractivity contribution >= 4 is 8.38 Å². The van der Waals surface area contributed by atoms with Crippen LogP contribution in [0.25, 0.3) is 0 Å². The van der Waals surface area contributed by atoms with Crippen LogP contribution < -0.4 is 0 Å².